The van der Waals surface area contributed by atoms with E-state index in [-0.39, 0.29) is 5.82 Å². The van der Waals surface area contributed by atoms with Gasteiger partial charge in [-0.2, -0.15) is 0 Å². The summed E-state index contributed by atoms with van der Waals surface area (Å²) < 4.78 is 13.0. The molecule has 0 spiro atoms. The molecule has 1 heterocycles. The van der Waals surface area contributed by atoms with Gasteiger partial charge in [0.15, 0.2) is 0 Å². The van der Waals surface area contributed by atoms with E-state index in [9.17, 15) is 4.39 Å². The molecule has 1 N–H and O–H groups in total. The molecule has 0 unspecified atom stereocenters. The maximum atomic E-state index is 13.0. The molecule has 2 aromatic rings. The van der Waals surface area contributed by atoms with Gasteiger partial charge in [-0.1, -0.05) is 25.6 Å². The second-order valence-electron chi connectivity index (χ2n) is 4.68. The van der Waals surface area contributed by atoms with E-state index >= 15 is 0 Å². The summed E-state index contributed by atoms with van der Waals surface area (Å²) >= 11 is 1.53. The molecule has 0 fully saturated rings. The van der Waals surface area contributed by atoms with Crippen molar-refractivity contribution in [2.75, 3.05) is 11.9 Å². The molecule has 2 rings (SSSR count). The fourth-order valence-corrected chi connectivity index (χ4v) is 2.94. The van der Waals surface area contributed by atoms with Crippen molar-refractivity contribution in [1.82, 2.24) is 9.97 Å². The molecule has 0 bridgehead atoms. The number of benzene rings is 1. The van der Waals surface area contributed by atoms with Crippen LogP contribution in [0.25, 0.3) is 0 Å². The lowest BCUT2D eigenvalue weighted by Crippen LogP contribution is -2.07. The molecule has 5 heteroatoms. The van der Waals surface area contributed by atoms with Crippen LogP contribution in [0.15, 0.2) is 40.5 Å². The molecule has 0 amide bonds. The molecule has 0 saturated carbocycles. The second-order valence-corrected chi connectivity index (χ2v) is 5.74. The maximum absolute atomic E-state index is 13.0. The summed E-state index contributed by atoms with van der Waals surface area (Å²) in [5.41, 5.74) is 1.10. The molecular formula is C15H18FN3S. The summed E-state index contributed by atoms with van der Waals surface area (Å²) in [5, 5.41) is 4.18. The van der Waals surface area contributed by atoms with Crippen LogP contribution in [-0.4, -0.2) is 16.5 Å². The van der Waals surface area contributed by atoms with E-state index in [0.717, 1.165) is 27.8 Å². The first-order valence-electron chi connectivity index (χ1n) is 6.64. The van der Waals surface area contributed by atoms with Crippen LogP contribution in [0.2, 0.25) is 0 Å². The highest BCUT2D eigenvalue weighted by Crippen LogP contribution is 2.35. The van der Waals surface area contributed by atoms with E-state index in [0.29, 0.717) is 5.92 Å². The number of anilines is 1. The lowest BCUT2D eigenvalue weighted by molar-refractivity contribution is 0.626. The summed E-state index contributed by atoms with van der Waals surface area (Å²) in [6, 6.07) is 6.45. The largest absolute Gasteiger partial charge is 0.370 e. The number of aromatic nitrogens is 2. The van der Waals surface area contributed by atoms with E-state index < -0.39 is 0 Å². The highest BCUT2D eigenvalue weighted by molar-refractivity contribution is 7.99. The Morgan fingerprint density at radius 2 is 1.90 bits per heavy atom. The quantitative estimate of drug-likeness (QED) is 0.832. The van der Waals surface area contributed by atoms with Crippen LogP contribution in [0, 0.1) is 5.82 Å². The number of nitrogens with one attached hydrogen (secondary N) is 1. The second kappa shape index (κ2) is 6.70. The fraction of sp³-hybridized carbons (Fsp3) is 0.333. The Balaban J connectivity index is 2.35. The zero-order valence-corrected chi connectivity index (χ0v) is 12.7. The summed E-state index contributed by atoms with van der Waals surface area (Å²) in [5.74, 6) is 0.963. The van der Waals surface area contributed by atoms with E-state index in [4.69, 9.17) is 0 Å². The van der Waals surface area contributed by atoms with Crippen molar-refractivity contribution in [2.24, 2.45) is 0 Å². The van der Waals surface area contributed by atoms with Crippen molar-refractivity contribution in [3.8, 4) is 0 Å². The van der Waals surface area contributed by atoms with Gasteiger partial charge in [0.25, 0.3) is 0 Å². The van der Waals surface area contributed by atoms with E-state index in [2.05, 4.69) is 29.1 Å². The Morgan fingerprint density at radius 3 is 2.50 bits per heavy atom. The average Bonchev–Trinajstić information content (AvgIpc) is 2.41. The van der Waals surface area contributed by atoms with Gasteiger partial charge in [-0.3, -0.25) is 0 Å². The van der Waals surface area contributed by atoms with Crippen LogP contribution in [0.1, 0.15) is 32.3 Å². The Labute approximate surface area is 123 Å². The van der Waals surface area contributed by atoms with Crippen LogP contribution in [0.4, 0.5) is 10.2 Å². The summed E-state index contributed by atoms with van der Waals surface area (Å²) in [6.45, 7) is 7.10. The Bertz CT molecular complexity index is 570. The topological polar surface area (TPSA) is 37.8 Å². The predicted molar refractivity (Wildman–Crippen MR) is 80.8 cm³/mol. The minimum Gasteiger partial charge on any atom is -0.370 e. The third-order valence-corrected chi connectivity index (χ3v) is 3.82. The number of nitrogens with zero attached hydrogens (tertiary/aromatic N) is 2. The van der Waals surface area contributed by atoms with E-state index in [1.807, 2.05) is 6.92 Å². The normalized spacial score (nSPS) is 10.8. The molecule has 1 aromatic heterocycles. The molecule has 0 radical (unpaired) electrons. The first-order valence-corrected chi connectivity index (χ1v) is 7.45. The van der Waals surface area contributed by atoms with Gasteiger partial charge in [0.05, 0.1) is 0 Å². The first kappa shape index (κ1) is 14.8. The average molecular weight is 291 g/mol. The van der Waals surface area contributed by atoms with Gasteiger partial charge in [0, 0.05) is 17.0 Å². The SMILES string of the molecule is CCNc1ncnc(Sc2ccc(F)cc2)c1C(C)C. The lowest BCUT2D eigenvalue weighted by Gasteiger charge is -2.15. The smallest absolute Gasteiger partial charge is 0.133 e. The molecule has 0 saturated heterocycles. The number of hydrogen-bond acceptors (Lipinski definition) is 4. The zero-order chi connectivity index (χ0) is 14.5. The monoisotopic (exact) mass is 291 g/mol. The lowest BCUT2D eigenvalue weighted by atomic mass is 10.1. The highest BCUT2D eigenvalue weighted by atomic mass is 32.2. The van der Waals surface area contributed by atoms with Gasteiger partial charge >= 0.3 is 0 Å². The van der Waals surface area contributed by atoms with Gasteiger partial charge in [-0.25, -0.2) is 14.4 Å². The van der Waals surface area contributed by atoms with Gasteiger partial charge in [-0.05, 0) is 37.1 Å². The van der Waals surface area contributed by atoms with Crippen LogP contribution < -0.4 is 5.32 Å². The maximum Gasteiger partial charge on any atom is 0.133 e. The van der Waals surface area contributed by atoms with E-state index in [1.54, 1.807) is 18.5 Å². The van der Waals surface area contributed by atoms with Crippen molar-refractivity contribution in [3.05, 3.63) is 42.0 Å². The molecule has 0 aliphatic carbocycles. The van der Waals surface area contributed by atoms with Crippen molar-refractivity contribution < 1.29 is 4.39 Å². The first-order chi connectivity index (χ1) is 9.61. The van der Waals surface area contributed by atoms with E-state index in [1.165, 1.54) is 23.9 Å². The molecule has 0 aliphatic rings. The van der Waals surface area contributed by atoms with Crippen LogP contribution in [0.3, 0.4) is 0 Å². The van der Waals surface area contributed by atoms with Crippen LogP contribution in [-0.2, 0) is 0 Å². The van der Waals surface area contributed by atoms with Crippen LogP contribution >= 0.6 is 11.8 Å². The third kappa shape index (κ3) is 3.48. The number of rotatable bonds is 5. The van der Waals surface area contributed by atoms with Crippen molar-refractivity contribution in [2.45, 2.75) is 36.6 Å². The van der Waals surface area contributed by atoms with Gasteiger partial charge in [-0.15, -0.1) is 0 Å². The molecule has 20 heavy (non-hydrogen) atoms. The van der Waals surface area contributed by atoms with Gasteiger partial charge in [0.1, 0.15) is 23.0 Å². The summed E-state index contributed by atoms with van der Waals surface area (Å²) in [7, 11) is 0. The van der Waals surface area contributed by atoms with Crippen LogP contribution in [0.5, 0.6) is 0 Å². The summed E-state index contributed by atoms with van der Waals surface area (Å²) in [6.07, 6.45) is 1.57. The standard InChI is InChI=1S/C15H18FN3S/c1-4-17-14-13(10(2)3)15(19-9-18-14)20-12-7-5-11(16)6-8-12/h5-10H,4H2,1-3H3,(H,17,18,19). The zero-order valence-electron chi connectivity index (χ0n) is 11.9. The number of hydrogen-bond donors (Lipinski definition) is 1. The van der Waals surface area contributed by atoms with Gasteiger partial charge in [0.2, 0.25) is 0 Å². The molecule has 0 atom stereocenters. The third-order valence-electron chi connectivity index (χ3n) is 2.80. The van der Waals surface area contributed by atoms with Gasteiger partial charge < -0.3 is 5.32 Å². The molecule has 3 nitrogen and oxygen atoms in total. The fourth-order valence-electron chi connectivity index (χ4n) is 1.90. The minimum absolute atomic E-state index is 0.227. The van der Waals surface area contributed by atoms with Crippen molar-refractivity contribution in [1.29, 1.82) is 0 Å². The van der Waals surface area contributed by atoms with Crippen molar-refractivity contribution >= 4 is 17.6 Å². The molecular weight excluding hydrogens is 273 g/mol. The molecule has 0 aliphatic heterocycles. The minimum atomic E-state index is -0.227. The Morgan fingerprint density at radius 1 is 1.20 bits per heavy atom. The Kier molecular flexibility index (Phi) is 4.95. The van der Waals surface area contributed by atoms with Crippen molar-refractivity contribution in [3.63, 3.8) is 0 Å². The summed E-state index contributed by atoms with van der Waals surface area (Å²) in [4.78, 5) is 9.66. The molecule has 106 valence electrons. The Hall–Kier alpha value is -1.62. The predicted octanol–water partition coefficient (Wildman–Crippen LogP) is 4.32. The molecule has 1 aromatic carbocycles. The number of halogens is 1. The highest BCUT2D eigenvalue weighted by Gasteiger charge is 2.15.